The van der Waals surface area contributed by atoms with Crippen LogP contribution in [0.4, 0.5) is 0 Å². The van der Waals surface area contributed by atoms with Crippen molar-refractivity contribution in [1.29, 1.82) is 0 Å². The summed E-state index contributed by atoms with van der Waals surface area (Å²) in [5.74, 6) is 2.17. The molecule has 0 saturated heterocycles. The maximum absolute atomic E-state index is 6.05. The molecule has 0 atom stereocenters. The Hall–Kier alpha value is -1.91. The maximum atomic E-state index is 6.05. The van der Waals surface area contributed by atoms with E-state index in [-0.39, 0.29) is 6.61 Å². The number of rotatable bonds is 4. The van der Waals surface area contributed by atoms with Crippen LogP contribution in [-0.4, -0.2) is 4.98 Å². The van der Waals surface area contributed by atoms with E-state index in [0.29, 0.717) is 38.9 Å². The van der Waals surface area contributed by atoms with Gasteiger partial charge in [-0.05, 0) is 31.2 Å². The molecule has 0 aliphatic rings. The number of oxazole rings is 1. The number of hydrogen-bond acceptors (Lipinski definition) is 4. The van der Waals surface area contributed by atoms with Crippen LogP contribution in [0.25, 0.3) is 11.7 Å². The first-order valence-electron chi connectivity index (χ1n) is 6.21. The van der Waals surface area contributed by atoms with Gasteiger partial charge in [0.05, 0.1) is 11.3 Å². The molecule has 0 spiro atoms. The van der Waals surface area contributed by atoms with Crippen LogP contribution in [0.2, 0.25) is 10.0 Å². The molecule has 0 aliphatic carbocycles. The summed E-state index contributed by atoms with van der Waals surface area (Å²) in [5.41, 5.74) is 0.678. The van der Waals surface area contributed by atoms with Gasteiger partial charge in [0, 0.05) is 11.1 Å². The molecule has 0 unspecified atom stereocenters. The van der Waals surface area contributed by atoms with Gasteiger partial charge in [-0.1, -0.05) is 23.2 Å². The van der Waals surface area contributed by atoms with Gasteiger partial charge in [0.1, 0.15) is 23.8 Å². The molecule has 4 nitrogen and oxygen atoms in total. The smallest absolute Gasteiger partial charge is 0.263 e. The molecule has 2 heterocycles. The number of furan rings is 1. The minimum atomic E-state index is 0.232. The normalized spacial score (nSPS) is 10.8. The molecule has 0 fully saturated rings. The quantitative estimate of drug-likeness (QED) is 0.667. The van der Waals surface area contributed by atoms with Crippen LogP contribution in [0.15, 0.2) is 45.4 Å². The van der Waals surface area contributed by atoms with Crippen molar-refractivity contribution >= 4 is 23.2 Å². The number of aromatic nitrogens is 1. The monoisotopic (exact) mass is 323 g/mol. The van der Waals surface area contributed by atoms with E-state index >= 15 is 0 Å². The summed E-state index contributed by atoms with van der Waals surface area (Å²) >= 11 is 12.0. The highest BCUT2D eigenvalue weighted by Crippen LogP contribution is 2.29. The molecule has 0 N–H and O–H groups in total. The van der Waals surface area contributed by atoms with Crippen LogP contribution in [0.1, 0.15) is 11.5 Å². The van der Waals surface area contributed by atoms with Crippen LogP contribution in [0, 0.1) is 6.92 Å². The number of hydrogen-bond donors (Lipinski definition) is 0. The summed E-state index contributed by atoms with van der Waals surface area (Å²) in [6.07, 6.45) is 1.57. The van der Waals surface area contributed by atoms with Crippen molar-refractivity contribution in [2.75, 3.05) is 0 Å². The molecule has 0 radical (unpaired) electrons. The number of halogens is 2. The summed E-state index contributed by atoms with van der Waals surface area (Å²) in [7, 11) is 0. The van der Waals surface area contributed by atoms with Gasteiger partial charge in [0.15, 0.2) is 5.76 Å². The Morgan fingerprint density at radius 2 is 2.10 bits per heavy atom. The minimum Gasteiger partial charge on any atom is -0.486 e. The van der Waals surface area contributed by atoms with Gasteiger partial charge in [0.2, 0.25) is 0 Å². The predicted octanol–water partition coefficient (Wildman–Crippen LogP) is 5.13. The van der Waals surface area contributed by atoms with Gasteiger partial charge in [0.25, 0.3) is 5.89 Å². The Morgan fingerprint density at radius 3 is 2.86 bits per heavy atom. The van der Waals surface area contributed by atoms with E-state index in [4.69, 9.17) is 36.8 Å². The highest BCUT2D eigenvalue weighted by Gasteiger charge is 2.14. The standard InChI is InChI=1S/C15H11Cl2NO3/c1-9-12(18-15(21-9)13-3-2-6-19-13)8-20-14-7-10(16)4-5-11(14)17/h2-7H,8H2,1H3. The zero-order valence-electron chi connectivity index (χ0n) is 11.1. The Bertz CT molecular complexity index is 750. The second-order valence-electron chi connectivity index (χ2n) is 4.36. The molecule has 108 valence electrons. The summed E-state index contributed by atoms with van der Waals surface area (Å²) in [6, 6.07) is 8.60. The molecule has 3 rings (SSSR count). The zero-order chi connectivity index (χ0) is 14.8. The highest BCUT2D eigenvalue weighted by atomic mass is 35.5. The first-order chi connectivity index (χ1) is 10.1. The molecule has 3 aromatic rings. The fourth-order valence-electron chi connectivity index (χ4n) is 1.80. The van der Waals surface area contributed by atoms with Crippen LogP contribution in [0.3, 0.4) is 0 Å². The van der Waals surface area contributed by atoms with E-state index in [1.54, 1.807) is 36.6 Å². The average Bonchev–Trinajstić information content (AvgIpc) is 3.09. The highest BCUT2D eigenvalue weighted by molar-refractivity contribution is 6.34. The van der Waals surface area contributed by atoms with Crippen molar-refractivity contribution < 1.29 is 13.6 Å². The van der Waals surface area contributed by atoms with Crippen LogP contribution >= 0.6 is 23.2 Å². The minimum absolute atomic E-state index is 0.232. The van der Waals surface area contributed by atoms with Gasteiger partial charge in [-0.15, -0.1) is 0 Å². The van der Waals surface area contributed by atoms with E-state index in [1.165, 1.54) is 0 Å². The third kappa shape index (κ3) is 3.06. The molecular weight excluding hydrogens is 313 g/mol. The molecule has 6 heteroatoms. The van der Waals surface area contributed by atoms with E-state index in [9.17, 15) is 0 Å². The molecule has 0 aliphatic heterocycles. The summed E-state index contributed by atoms with van der Waals surface area (Å²) in [4.78, 5) is 4.36. The lowest BCUT2D eigenvalue weighted by Crippen LogP contribution is -1.98. The maximum Gasteiger partial charge on any atom is 0.263 e. The van der Waals surface area contributed by atoms with Crippen molar-refractivity contribution in [1.82, 2.24) is 4.98 Å². The molecule has 2 aromatic heterocycles. The number of ether oxygens (including phenoxy) is 1. The lowest BCUT2D eigenvalue weighted by Gasteiger charge is -2.06. The van der Waals surface area contributed by atoms with Crippen molar-refractivity contribution in [3.05, 3.63) is 58.1 Å². The van der Waals surface area contributed by atoms with E-state index < -0.39 is 0 Å². The molecule has 1 aromatic carbocycles. The number of benzene rings is 1. The zero-order valence-corrected chi connectivity index (χ0v) is 12.6. The molecule has 0 saturated carbocycles. The Kier molecular flexibility index (Phi) is 3.90. The van der Waals surface area contributed by atoms with Gasteiger partial charge >= 0.3 is 0 Å². The molecule has 0 amide bonds. The topological polar surface area (TPSA) is 48.4 Å². The first kappa shape index (κ1) is 14.0. The largest absolute Gasteiger partial charge is 0.486 e. The van der Waals surface area contributed by atoms with Crippen molar-refractivity contribution in [2.45, 2.75) is 13.5 Å². The van der Waals surface area contributed by atoms with Crippen molar-refractivity contribution in [2.24, 2.45) is 0 Å². The Balaban J connectivity index is 1.78. The van der Waals surface area contributed by atoms with Gasteiger partial charge < -0.3 is 13.6 Å². The third-order valence-corrected chi connectivity index (χ3v) is 3.43. The lowest BCUT2D eigenvalue weighted by molar-refractivity contribution is 0.299. The second kappa shape index (κ2) is 5.84. The van der Waals surface area contributed by atoms with Crippen molar-refractivity contribution in [3.63, 3.8) is 0 Å². The van der Waals surface area contributed by atoms with Crippen LogP contribution in [0.5, 0.6) is 5.75 Å². The van der Waals surface area contributed by atoms with E-state index in [0.717, 1.165) is 0 Å². The van der Waals surface area contributed by atoms with Crippen molar-refractivity contribution in [3.8, 4) is 17.4 Å². The van der Waals surface area contributed by atoms with Gasteiger partial charge in [-0.2, -0.15) is 0 Å². The Labute approximate surface area is 131 Å². The number of aryl methyl sites for hydroxylation is 1. The molecule has 21 heavy (non-hydrogen) atoms. The lowest BCUT2D eigenvalue weighted by atomic mass is 10.3. The van der Waals surface area contributed by atoms with Gasteiger partial charge in [-0.25, -0.2) is 4.98 Å². The molecular formula is C15H11Cl2NO3. The Morgan fingerprint density at radius 1 is 1.24 bits per heavy atom. The summed E-state index contributed by atoms with van der Waals surface area (Å²) in [5, 5.41) is 1.05. The summed E-state index contributed by atoms with van der Waals surface area (Å²) < 4.78 is 16.5. The van der Waals surface area contributed by atoms with Gasteiger partial charge in [-0.3, -0.25) is 0 Å². The second-order valence-corrected chi connectivity index (χ2v) is 5.21. The first-order valence-corrected chi connectivity index (χ1v) is 6.97. The van der Waals surface area contributed by atoms with E-state index in [1.807, 2.05) is 6.92 Å². The molecule has 0 bridgehead atoms. The predicted molar refractivity (Wildman–Crippen MR) is 79.7 cm³/mol. The summed E-state index contributed by atoms with van der Waals surface area (Å²) in [6.45, 7) is 2.05. The SMILES string of the molecule is Cc1oc(-c2ccco2)nc1COc1cc(Cl)ccc1Cl. The van der Waals surface area contributed by atoms with Crippen LogP contribution in [-0.2, 0) is 6.61 Å². The fraction of sp³-hybridized carbons (Fsp3) is 0.133. The third-order valence-electron chi connectivity index (χ3n) is 2.88. The fourth-order valence-corrected chi connectivity index (χ4v) is 2.14. The number of nitrogens with zero attached hydrogens (tertiary/aromatic N) is 1. The van der Waals surface area contributed by atoms with Crippen LogP contribution < -0.4 is 4.74 Å². The average molecular weight is 324 g/mol. The van der Waals surface area contributed by atoms with E-state index in [2.05, 4.69) is 4.98 Å².